The fourth-order valence-electron chi connectivity index (χ4n) is 4.39. The highest BCUT2D eigenvalue weighted by atomic mass is 79.9. The van der Waals surface area contributed by atoms with Crippen molar-refractivity contribution in [1.29, 1.82) is 0 Å². The molecule has 0 rings (SSSR count). The van der Waals surface area contributed by atoms with Gasteiger partial charge in [0.05, 0.1) is 26.7 Å². The van der Waals surface area contributed by atoms with Crippen molar-refractivity contribution in [2.45, 2.75) is 136 Å². The number of rotatable bonds is 23. The highest BCUT2D eigenvalue weighted by Crippen LogP contribution is 2.16. The van der Waals surface area contributed by atoms with Crippen molar-refractivity contribution >= 4 is 15.9 Å². The second-order valence-electron chi connectivity index (χ2n) is 9.49. The molecule has 0 aromatic heterocycles. The van der Waals surface area contributed by atoms with Gasteiger partial charge in [-0.25, -0.2) is 0 Å². The van der Waals surface area contributed by atoms with E-state index >= 15 is 0 Å². The summed E-state index contributed by atoms with van der Waals surface area (Å²) in [4.78, 5) is 0. The number of alkyl halides is 1. The first-order valence-electron chi connectivity index (χ1n) is 13.1. The van der Waals surface area contributed by atoms with E-state index in [0.29, 0.717) is 0 Å². The summed E-state index contributed by atoms with van der Waals surface area (Å²) in [5, 5.41) is 1.16. The van der Waals surface area contributed by atoms with Crippen LogP contribution in [-0.2, 0) is 0 Å². The van der Waals surface area contributed by atoms with Gasteiger partial charge in [-0.3, -0.25) is 0 Å². The topological polar surface area (TPSA) is 0 Å². The van der Waals surface area contributed by atoms with Crippen LogP contribution in [0.3, 0.4) is 0 Å². The van der Waals surface area contributed by atoms with Gasteiger partial charge in [0.2, 0.25) is 0 Å². The molecule has 170 valence electrons. The lowest BCUT2D eigenvalue weighted by Crippen LogP contribution is -2.46. The molecular weight excluding hydrogens is 406 g/mol. The minimum Gasteiger partial charge on any atom is -0.326 e. The van der Waals surface area contributed by atoms with Crippen molar-refractivity contribution in [3.63, 3.8) is 0 Å². The first-order valence-corrected chi connectivity index (χ1v) is 14.2. The zero-order valence-electron chi connectivity index (χ0n) is 20.1. The second kappa shape index (κ2) is 22.1. The average molecular weight is 462 g/mol. The number of unbranched alkanes of at least 4 members (excludes halogenated alkanes) is 16. The third-order valence-electron chi connectivity index (χ3n) is 6.43. The van der Waals surface area contributed by atoms with E-state index in [2.05, 4.69) is 36.8 Å². The molecule has 0 radical (unpaired) electrons. The zero-order chi connectivity index (χ0) is 20.8. The first-order chi connectivity index (χ1) is 13.7. The molecule has 0 fully saturated rings. The predicted octanol–water partition coefficient (Wildman–Crippen LogP) is 9.28. The molecule has 0 heterocycles. The van der Waals surface area contributed by atoms with E-state index in [9.17, 15) is 0 Å². The van der Waals surface area contributed by atoms with Gasteiger partial charge >= 0.3 is 0 Å². The molecule has 0 spiro atoms. The number of quaternary nitrogens is 1. The number of halogens is 1. The van der Waals surface area contributed by atoms with Gasteiger partial charge in [0.1, 0.15) is 0 Å². The lowest BCUT2D eigenvalue weighted by molar-refractivity contribution is -0.910. The molecular formula is C26H55BrN+. The van der Waals surface area contributed by atoms with E-state index in [-0.39, 0.29) is 0 Å². The van der Waals surface area contributed by atoms with Gasteiger partial charge in [-0.15, -0.1) is 0 Å². The van der Waals surface area contributed by atoms with Crippen molar-refractivity contribution in [1.82, 2.24) is 0 Å². The van der Waals surface area contributed by atoms with Gasteiger partial charge in [0, 0.05) is 11.8 Å². The SMILES string of the molecule is CCCCCCCCCCC[N+](C)(CCCBr)CCCCCCCCCCC. The predicted molar refractivity (Wildman–Crippen MR) is 134 cm³/mol. The molecule has 0 N–H and O–H groups in total. The summed E-state index contributed by atoms with van der Waals surface area (Å²) in [7, 11) is 2.53. The fraction of sp³-hybridized carbons (Fsp3) is 1.00. The summed E-state index contributed by atoms with van der Waals surface area (Å²) in [5.74, 6) is 0. The van der Waals surface area contributed by atoms with Crippen LogP contribution in [0.1, 0.15) is 136 Å². The Morgan fingerprint density at radius 1 is 0.429 bits per heavy atom. The van der Waals surface area contributed by atoms with E-state index < -0.39 is 0 Å². The molecule has 0 amide bonds. The third-order valence-corrected chi connectivity index (χ3v) is 7.00. The normalized spacial score (nSPS) is 12.0. The van der Waals surface area contributed by atoms with Crippen LogP contribution < -0.4 is 0 Å². The Morgan fingerprint density at radius 2 is 0.714 bits per heavy atom. The Morgan fingerprint density at radius 3 is 1.04 bits per heavy atom. The summed E-state index contributed by atoms with van der Waals surface area (Å²) >= 11 is 3.65. The van der Waals surface area contributed by atoms with E-state index in [1.807, 2.05) is 0 Å². The van der Waals surface area contributed by atoms with Crippen molar-refractivity contribution in [3.05, 3.63) is 0 Å². The highest BCUT2D eigenvalue weighted by Gasteiger charge is 2.19. The molecule has 2 heteroatoms. The summed E-state index contributed by atoms with van der Waals surface area (Å²) in [6.07, 6.45) is 27.3. The van der Waals surface area contributed by atoms with Crippen LogP contribution in [0.5, 0.6) is 0 Å². The van der Waals surface area contributed by atoms with Crippen molar-refractivity contribution < 1.29 is 4.48 Å². The Hall–Kier alpha value is 0.440. The zero-order valence-corrected chi connectivity index (χ0v) is 21.7. The Balaban J connectivity index is 3.75. The molecule has 0 bridgehead atoms. The molecule has 1 nitrogen and oxygen atoms in total. The van der Waals surface area contributed by atoms with Crippen LogP contribution in [0.15, 0.2) is 0 Å². The number of hydrogen-bond acceptors (Lipinski definition) is 0. The monoisotopic (exact) mass is 460 g/mol. The smallest absolute Gasteiger partial charge is 0.0792 e. The van der Waals surface area contributed by atoms with Gasteiger partial charge in [-0.2, -0.15) is 0 Å². The maximum Gasteiger partial charge on any atom is 0.0792 e. The standard InChI is InChI=1S/C26H55BrN/c1-4-6-8-10-12-14-16-18-20-24-28(3,26-22-23-27)25-21-19-17-15-13-11-9-7-5-2/h4-26H2,1-3H3/q+1. The van der Waals surface area contributed by atoms with Crippen molar-refractivity contribution in [2.24, 2.45) is 0 Å². The van der Waals surface area contributed by atoms with E-state index in [1.165, 1.54) is 146 Å². The average Bonchev–Trinajstić information content (AvgIpc) is 2.70. The Bertz CT molecular complexity index is 270. The molecule has 0 aromatic carbocycles. The minimum absolute atomic E-state index is 1.16. The van der Waals surface area contributed by atoms with Crippen LogP contribution in [-0.4, -0.2) is 36.5 Å². The molecule has 0 saturated carbocycles. The van der Waals surface area contributed by atoms with Crippen LogP contribution in [0.4, 0.5) is 0 Å². The van der Waals surface area contributed by atoms with Gasteiger partial charge in [-0.1, -0.05) is 120 Å². The van der Waals surface area contributed by atoms with E-state index in [4.69, 9.17) is 0 Å². The number of hydrogen-bond donors (Lipinski definition) is 0. The molecule has 0 aliphatic rings. The minimum atomic E-state index is 1.16. The summed E-state index contributed by atoms with van der Waals surface area (Å²) < 4.78 is 1.32. The third kappa shape index (κ3) is 19.7. The van der Waals surface area contributed by atoms with Crippen molar-refractivity contribution in [3.8, 4) is 0 Å². The Labute approximate surface area is 188 Å². The maximum absolute atomic E-state index is 3.65. The summed E-state index contributed by atoms with van der Waals surface area (Å²) in [6.45, 7) is 8.78. The molecule has 0 aromatic rings. The summed E-state index contributed by atoms with van der Waals surface area (Å²) in [5.41, 5.74) is 0. The van der Waals surface area contributed by atoms with E-state index in [0.717, 1.165) is 5.33 Å². The fourth-order valence-corrected chi connectivity index (χ4v) is 4.64. The molecule has 0 aliphatic heterocycles. The Kier molecular flexibility index (Phi) is 22.5. The summed E-state index contributed by atoms with van der Waals surface area (Å²) in [6, 6.07) is 0. The quantitative estimate of drug-likeness (QED) is 0.0808. The highest BCUT2D eigenvalue weighted by molar-refractivity contribution is 9.09. The number of nitrogens with zero attached hydrogens (tertiary/aromatic N) is 1. The van der Waals surface area contributed by atoms with Crippen LogP contribution >= 0.6 is 15.9 Å². The molecule has 28 heavy (non-hydrogen) atoms. The lowest BCUT2D eigenvalue weighted by atomic mass is 10.1. The van der Waals surface area contributed by atoms with E-state index in [1.54, 1.807) is 0 Å². The molecule has 0 unspecified atom stereocenters. The molecule has 0 saturated heterocycles. The van der Waals surface area contributed by atoms with Crippen molar-refractivity contribution in [2.75, 3.05) is 32.0 Å². The second-order valence-corrected chi connectivity index (χ2v) is 10.3. The van der Waals surface area contributed by atoms with Gasteiger partial charge in [0.25, 0.3) is 0 Å². The van der Waals surface area contributed by atoms with Gasteiger partial charge in [0.15, 0.2) is 0 Å². The van der Waals surface area contributed by atoms with Gasteiger partial charge in [-0.05, 0) is 25.7 Å². The molecule has 0 atom stereocenters. The van der Waals surface area contributed by atoms with Crippen LogP contribution in [0.2, 0.25) is 0 Å². The first kappa shape index (κ1) is 28.4. The largest absolute Gasteiger partial charge is 0.326 e. The maximum atomic E-state index is 3.65. The van der Waals surface area contributed by atoms with Crippen LogP contribution in [0, 0.1) is 0 Å². The lowest BCUT2D eigenvalue weighted by Gasteiger charge is -2.35. The van der Waals surface area contributed by atoms with Crippen LogP contribution in [0.25, 0.3) is 0 Å². The van der Waals surface area contributed by atoms with Gasteiger partial charge < -0.3 is 4.48 Å². The molecule has 0 aliphatic carbocycles.